The molecular weight excluding hydrogens is 244 g/mol. The fourth-order valence-corrected chi connectivity index (χ4v) is 2.14. The van der Waals surface area contributed by atoms with Crippen LogP contribution in [0.4, 0.5) is 5.69 Å². The van der Waals surface area contributed by atoms with Gasteiger partial charge in [-0.1, -0.05) is 0 Å². The molecule has 0 amide bonds. The lowest BCUT2D eigenvalue weighted by Crippen LogP contribution is -2.42. The standard InChI is InChI=1S/C14H18N2O3/c1-17-12-7-11(8-13(9-12)18-2)16-14(10-15)3-5-19-6-4-14/h7-9,16H,3-6H2,1-2H3. The second kappa shape index (κ2) is 5.81. The van der Waals surface area contributed by atoms with E-state index in [1.165, 1.54) is 0 Å². The molecule has 0 aromatic heterocycles. The summed E-state index contributed by atoms with van der Waals surface area (Å²) in [6, 6.07) is 7.88. The van der Waals surface area contributed by atoms with Crippen molar-refractivity contribution >= 4 is 5.69 Å². The zero-order valence-corrected chi connectivity index (χ0v) is 11.2. The first kappa shape index (κ1) is 13.5. The first-order valence-corrected chi connectivity index (χ1v) is 6.21. The average Bonchev–Trinajstić information content (AvgIpc) is 2.47. The summed E-state index contributed by atoms with van der Waals surface area (Å²) in [4.78, 5) is 0. The number of nitrogens with one attached hydrogen (secondary N) is 1. The second-order valence-corrected chi connectivity index (χ2v) is 4.53. The normalized spacial score (nSPS) is 17.3. The summed E-state index contributed by atoms with van der Waals surface area (Å²) in [6.07, 6.45) is 1.34. The van der Waals surface area contributed by atoms with Crippen LogP contribution in [0.15, 0.2) is 18.2 Å². The molecule has 5 nitrogen and oxygen atoms in total. The quantitative estimate of drug-likeness (QED) is 0.901. The highest BCUT2D eigenvalue weighted by molar-refractivity contribution is 5.56. The van der Waals surface area contributed by atoms with Crippen molar-refractivity contribution in [3.8, 4) is 17.6 Å². The maximum Gasteiger partial charge on any atom is 0.129 e. The van der Waals surface area contributed by atoms with Crippen LogP contribution in [-0.2, 0) is 4.74 Å². The van der Waals surface area contributed by atoms with Crippen molar-refractivity contribution < 1.29 is 14.2 Å². The minimum absolute atomic E-state index is 0.574. The van der Waals surface area contributed by atoms with Crippen LogP contribution in [0.25, 0.3) is 0 Å². The SMILES string of the molecule is COc1cc(NC2(C#N)CCOCC2)cc(OC)c1. The smallest absolute Gasteiger partial charge is 0.129 e. The Hall–Kier alpha value is -1.93. The highest BCUT2D eigenvalue weighted by atomic mass is 16.5. The van der Waals surface area contributed by atoms with Gasteiger partial charge in [0.15, 0.2) is 0 Å². The number of benzene rings is 1. The Morgan fingerprint density at radius 2 is 1.74 bits per heavy atom. The molecule has 0 atom stereocenters. The fourth-order valence-electron chi connectivity index (χ4n) is 2.14. The molecule has 0 aliphatic carbocycles. The molecule has 102 valence electrons. The van der Waals surface area contributed by atoms with E-state index in [1.54, 1.807) is 20.3 Å². The Balaban J connectivity index is 2.24. The number of methoxy groups -OCH3 is 2. The van der Waals surface area contributed by atoms with Gasteiger partial charge in [-0.15, -0.1) is 0 Å². The van der Waals surface area contributed by atoms with Gasteiger partial charge < -0.3 is 19.5 Å². The summed E-state index contributed by atoms with van der Waals surface area (Å²) >= 11 is 0. The van der Waals surface area contributed by atoms with Crippen molar-refractivity contribution in [1.82, 2.24) is 0 Å². The van der Waals surface area contributed by atoms with E-state index in [1.807, 2.05) is 12.1 Å². The van der Waals surface area contributed by atoms with Gasteiger partial charge >= 0.3 is 0 Å². The summed E-state index contributed by atoms with van der Waals surface area (Å²) in [5, 5.41) is 12.7. The van der Waals surface area contributed by atoms with E-state index in [9.17, 15) is 5.26 Å². The molecule has 0 saturated carbocycles. The van der Waals surface area contributed by atoms with Crippen molar-refractivity contribution in [3.63, 3.8) is 0 Å². The Morgan fingerprint density at radius 1 is 1.16 bits per heavy atom. The molecule has 1 aromatic rings. The molecule has 0 bridgehead atoms. The van der Waals surface area contributed by atoms with Crippen LogP contribution < -0.4 is 14.8 Å². The van der Waals surface area contributed by atoms with Gasteiger partial charge in [0.25, 0.3) is 0 Å². The lowest BCUT2D eigenvalue weighted by atomic mass is 9.91. The van der Waals surface area contributed by atoms with E-state index in [2.05, 4.69) is 11.4 Å². The highest BCUT2D eigenvalue weighted by Gasteiger charge is 2.32. The van der Waals surface area contributed by atoms with Crippen LogP contribution in [0.3, 0.4) is 0 Å². The molecule has 1 heterocycles. The van der Waals surface area contributed by atoms with E-state index in [-0.39, 0.29) is 0 Å². The molecule has 1 aromatic carbocycles. The summed E-state index contributed by atoms with van der Waals surface area (Å²) in [5.41, 5.74) is 0.245. The van der Waals surface area contributed by atoms with Gasteiger partial charge in [-0.05, 0) is 0 Å². The van der Waals surface area contributed by atoms with Crippen LogP contribution in [0.5, 0.6) is 11.5 Å². The maximum atomic E-state index is 9.43. The Labute approximate surface area is 113 Å². The molecule has 5 heteroatoms. The van der Waals surface area contributed by atoms with Crippen LogP contribution in [0.1, 0.15) is 12.8 Å². The Morgan fingerprint density at radius 3 is 2.21 bits per heavy atom. The number of nitriles is 1. The molecule has 1 N–H and O–H groups in total. The molecule has 1 saturated heterocycles. The minimum Gasteiger partial charge on any atom is -0.497 e. The predicted octanol–water partition coefficient (Wildman–Crippen LogP) is 2.19. The largest absolute Gasteiger partial charge is 0.497 e. The van der Waals surface area contributed by atoms with Gasteiger partial charge in [0, 0.05) is 49.9 Å². The first-order chi connectivity index (χ1) is 9.21. The maximum absolute atomic E-state index is 9.43. The zero-order valence-electron chi connectivity index (χ0n) is 11.2. The predicted molar refractivity (Wildman–Crippen MR) is 71.6 cm³/mol. The summed E-state index contributed by atoms with van der Waals surface area (Å²) in [6.45, 7) is 1.20. The third kappa shape index (κ3) is 3.09. The molecule has 0 unspecified atom stereocenters. The van der Waals surface area contributed by atoms with E-state index < -0.39 is 5.54 Å². The number of ether oxygens (including phenoxy) is 3. The van der Waals surface area contributed by atoms with Crippen molar-refractivity contribution in [2.75, 3.05) is 32.8 Å². The van der Waals surface area contributed by atoms with E-state index in [0.717, 1.165) is 5.69 Å². The van der Waals surface area contributed by atoms with E-state index in [4.69, 9.17) is 14.2 Å². The number of hydrogen-bond acceptors (Lipinski definition) is 5. The van der Waals surface area contributed by atoms with Gasteiger partial charge in [-0.25, -0.2) is 0 Å². The lowest BCUT2D eigenvalue weighted by molar-refractivity contribution is 0.0753. The van der Waals surface area contributed by atoms with Crippen LogP contribution >= 0.6 is 0 Å². The summed E-state index contributed by atoms with van der Waals surface area (Å²) in [7, 11) is 3.21. The number of hydrogen-bond donors (Lipinski definition) is 1. The van der Waals surface area contributed by atoms with Gasteiger partial charge in [0.05, 0.1) is 20.3 Å². The molecular formula is C14H18N2O3. The zero-order chi connectivity index (χ0) is 13.7. The molecule has 1 aliphatic rings. The van der Waals surface area contributed by atoms with Gasteiger partial charge in [0.2, 0.25) is 0 Å². The minimum atomic E-state index is -0.574. The number of nitrogens with zero attached hydrogens (tertiary/aromatic N) is 1. The first-order valence-electron chi connectivity index (χ1n) is 6.21. The summed E-state index contributed by atoms with van der Waals surface area (Å²) < 4.78 is 15.8. The van der Waals surface area contributed by atoms with E-state index in [0.29, 0.717) is 37.6 Å². The molecule has 2 rings (SSSR count). The van der Waals surface area contributed by atoms with Gasteiger partial charge in [-0.2, -0.15) is 5.26 Å². The molecule has 19 heavy (non-hydrogen) atoms. The lowest BCUT2D eigenvalue weighted by Gasteiger charge is -2.32. The topological polar surface area (TPSA) is 63.5 Å². The van der Waals surface area contributed by atoms with Crippen molar-refractivity contribution in [1.29, 1.82) is 5.26 Å². The molecule has 1 aliphatic heterocycles. The second-order valence-electron chi connectivity index (χ2n) is 4.53. The van der Waals surface area contributed by atoms with Crippen molar-refractivity contribution in [2.45, 2.75) is 18.4 Å². The highest BCUT2D eigenvalue weighted by Crippen LogP contribution is 2.30. The van der Waals surface area contributed by atoms with Crippen molar-refractivity contribution in [3.05, 3.63) is 18.2 Å². The third-order valence-electron chi connectivity index (χ3n) is 3.30. The fraction of sp³-hybridized carbons (Fsp3) is 0.500. The molecule has 0 spiro atoms. The number of anilines is 1. The van der Waals surface area contributed by atoms with Crippen molar-refractivity contribution in [2.24, 2.45) is 0 Å². The van der Waals surface area contributed by atoms with Gasteiger partial charge in [0.1, 0.15) is 17.0 Å². The van der Waals surface area contributed by atoms with Crippen LogP contribution in [-0.4, -0.2) is 33.0 Å². The van der Waals surface area contributed by atoms with Gasteiger partial charge in [-0.3, -0.25) is 0 Å². The Bertz CT molecular complexity index is 454. The summed E-state index contributed by atoms with van der Waals surface area (Å²) in [5.74, 6) is 1.39. The van der Waals surface area contributed by atoms with Crippen LogP contribution in [0.2, 0.25) is 0 Å². The monoisotopic (exact) mass is 262 g/mol. The molecule has 1 fully saturated rings. The van der Waals surface area contributed by atoms with E-state index >= 15 is 0 Å². The average molecular weight is 262 g/mol. The third-order valence-corrected chi connectivity index (χ3v) is 3.30. The molecule has 0 radical (unpaired) electrons. The Kier molecular flexibility index (Phi) is 4.13. The van der Waals surface area contributed by atoms with Crippen LogP contribution in [0, 0.1) is 11.3 Å². The number of rotatable bonds is 4.